The van der Waals surface area contributed by atoms with Gasteiger partial charge in [-0.05, 0) is 30.9 Å². The molecular weight excluding hydrogens is 286 g/mol. The molecule has 0 fully saturated rings. The Kier molecular flexibility index (Phi) is 5.84. The molecule has 1 rings (SSSR count). The fourth-order valence-electron chi connectivity index (χ4n) is 1.65. The summed E-state index contributed by atoms with van der Waals surface area (Å²) in [5.41, 5.74) is 0.550. The summed E-state index contributed by atoms with van der Waals surface area (Å²) in [6, 6.07) is 5.80. The van der Waals surface area contributed by atoms with Crippen LogP contribution >= 0.6 is 11.8 Å². The lowest BCUT2D eigenvalue weighted by Gasteiger charge is -2.13. The molecule has 0 spiro atoms. The molecule has 106 valence electrons. The third kappa shape index (κ3) is 5.63. The topological polar surface area (TPSA) is 83.5 Å². The van der Waals surface area contributed by atoms with Gasteiger partial charge in [0.1, 0.15) is 0 Å². The van der Waals surface area contributed by atoms with Crippen LogP contribution in [-0.2, 0) is 15.8 Å². The Morgan fingerprint density at radius 3 is 2.74 bits per heavy atom. The van der Waals surface area contributed by atoms with Crippen molar-refractivity contribution in [2.45, 2.75) is 18.7 Å². The number of aromatic carboxylic acids is 1. The molecule has 0 bridgehead atoms. The maximum absolute atomic E-state index is 11.9. The molecule has 7 heteroatoms. The Morgan fingerprint density at radius 2 is 2.16 bits per heavy atom. The van der Waals surface area contributed by atoms with Gasteiger partial charge in [0.2, 0.25) is 10.0 Å². The number of carboxylic acid groups (broad SMARTS) is 1. The van der Waals surface area contributed by atoms with Crippen molar-refractivity contribution in [3.63, 3.8) is 0 Å². The summed E-state index contributed by atoms with van der Waals surface area (Å²) in [6.07, 6.45) is 1.90. The first kappa shape index (κ1) is 16.0. The molecule has 0 aliphatic carbocycles. The van der Waals surface area contributed by atoms with Crippen LogP contribution in [0.1, 0.15) is 22.8 Å². The van der Waals surface area contributed by atoms with Gasteiger partial charge in [0.25, 0.3) is 0 Å². The number of carboxylic acids is 1. The van der Waals surface area contributed by atoms with E-state index < -0.39 is 16.0 Å². The molecule has 0 saturated heterocycles. The molecule has 2 N–H and O–H groups in total. The molecule has 1 aromatic carbocycles. The van der Waals surface area contributed by atoms with E-state index in [1.807, 2.05) is 6.26 Å². The van der Waals surface area contributed by atoms with Crippen LogP contribution in [0.2, 0.25) is 0 Å². The maximum Gasteiger partial charge on any atom is 0.335 e. The van der Waals surface area contributed by atoms with E-state index >= 15 is 0 Å². The first-order chi connectivity index (χ1) is 8.84. The van der Waals surface area contributed by atoms with Gasteiger partial charge in [-0.25, -0.2) is 17.9 Å². The molecule has 1 atom stereocenters. The van der Waals surface area contributed by atoms with Crippen molar-refractivity contribution in [1.82, 2.24) is 4.72 Å². The zero-order chi connectivity index (χ0) is 14.5. The Morgan fingerprint density at radius 1 is 1.47 bits per heavy atom. The summed E-state index contributed by atoms with van der Waals surface area (Å²) in [4.78, 5) is 10.8. The third-order valence-electron chi connectivity index (χ3n) is 2.33. The van der Waals surface area contributed by atoms with Crippen molar-refractivity contribution in [3.8, 4) is 0 Å². The van der Waals surface area contributed by atoms with Crippen LogP contribution < -0.4 is 4.72 Å². The van der Waals surface area contributed by atoms with Crippen molar-refractivity contribution in [2.24, 2.45) is 0 Å². The van der Waals surface area contributed by atoms with Crippen molar-refractivity contribution in [1.29, 1.82) is 0 Å². The summed E-state index contributed by atoms with van der Waals surface area (Å²) in [5.74, 6) is -0.593. The van der Waals surface area contributed by atoms with E-state index in [0.717, 1.165) is 0 Å². The summed E-state index contributed by atoms with van der Waals surface area (Å²) < 4.78 is 26.4. The SMILES string of the molecule is CSCC(C)NS(=O)(=O)Cc1cccc(C(=O)O)c1. The highest BCUT2D eigenvalue weighted by Gasteiger charge is 2.15. The molecule has 0 aliphatic rings. The molecule has 1 aromatic rings. The van der Waals surface area contributed by atoms with Crippen LogP contribution in [0.4, 0.5) is 0 Å². The van der Waals surface area contributed by atoms with Crippen molar-refractivity contribution < 1.29 is 18.3 Å². The molecule has 0 amide bonds. The number of rotatable bonds is 7. The van der Waals surface area contributed by atoms with E-state index in [2.05, 4.69) is 4.72 Å². The maximum atomic E-state index is 11.9. The quantitative estimate of drug-likeness (QED) is 0.798. The fourth-order valence-corrected chi connectivity index (χ4v) is 3.73. The second-order valence-electron chi connectivity index (χ2n) is 4.24. The summed E-state index contributed by atoms with van der Waals surface area (Å²) in [5, 5.41) is 8.86. The van der Waals surface area contributed by atoms with Crippen molar-refractivity contribution in [3.05, 3.63) is 35.4 Å². The zero-order valence-electron chi connectivity index (χ0n) is 10.8. The first-order valence-electron chi connectivity index (χ1n) is 5.65. The van der Waals surface area contributed by atoms with Gasteiger partial charge < -0.3 is 5.11 Å². The molecule has 0 heterocycles. The van der Waals surface area contributed by atoms with E-state index in [4.69, 9.17) is 5.11 Å². The van der Waals surface area contributed by atoms with Gasteiger partial charge >= 0.3 is 5.97 Å². The van der Waals surface area contributed by atoms with E-state index in [1.165, 1.54) is 12.1 Å². The van der Waals surface area contributed by atoms with Crippen molar-refractivity contribution >= 4 is 27.8 Å². The Hall–Kier alpha value is -1.05. The molecule has 0 aromatic heterocycles. The third-order valence-corrected chi connectivity index (χ3v) is 4.64. The first-order valence-corrected chi connectivity index (χ1v) is 8.70. The van der Waals surface area contributed by atoms with Gasteiger partial charge in [-0.1, -0.05) is 12.1 Å². The van der Waals surface area contributed by atoms with Crippen LogP contribution in [0.15, 0.2) is 24.3 Å². The van der Waals surface area contributed by atoms with E-state index in [1.54, 1.807) is 30.8 Å². The fraction of sp³-hybridized carbons (Fsp3) is 0.417. The Labute approximate surface area is 117 Å². The van der Waals surface area contributed by atoms with Gasteiger partial charge in [-0.3, -0.25) is 0 Å². The second-order valence-corrected chi connectivity index (χ2v) is 6.90. The largest absolute Gasteiger partial charge is 0.478 e. The molecule has 19 heavy (non-hydrogen) atoms. The number of hydrogen-bond acceptors (Lipinski definition) is 4. The minimum atomic E-state index is -3.45. The summed E-state index contributed by atoms with van der Waals surface area (Å²) >= 11 is 1.56. The number of benzene rings is 1. The molecule has 0 saturated carbocycles. The average molecular weight is 303 g/mol. The Bertz CT molecular complexity index is 542. The van der Waals surface area contributed by atoms with E-state index in [-0.39, 0.29) is 17.4 Å². The average Bonchev–Trinajstić information content (AvgIpc) is 2.27. The van der Waals surface area contributed by atoms with Crippen molar-refractivity contribution in [2.75, 3.05) is 12.0 Å². The number of hydrogen-bond donors (Lipinski definition) is 2. The minimum absolute atomic E-state index is 0.0878. The minimum Gasteiger partial charge on any atom is -0.478 e. The van der Waals surface area contributed by atoms with Gasteiger partial charge in [-0.15, -0.1) is 0 Å². The van der Waals surface area contributed by atoms with Gasteiger partial charge in [-0.2, -0.15) is 11.8 Å². The zero-order valence-corrected chi connectivity index (χ0v) is 12.4. The highest BCUT2D eigenvalue weighted by Crippen LogP contribution is 2.09. The molecule has 0 aliphatic heterocycles. The molecule has 1 unspecified atom stereocenters. The van der Waals surface area contributed by atoms with Crippen LogP contribution in [0, 0.1) is 0 Å². The monoisotopic (exact) mass is 303 g/mol. The smallest absolute Gasteiger partial charge is 0.335 e. The van der Waals surface area contributed by atoms with Crippen LogP contribution in [-0.4, -0.2) is 37.5 Å². The lowest BCUT2D eigenvalue weighted by Crippen LogP contribution is -2.35. The number of carbonyl (C=O) groups is 1. The highest BCUT2D eigenvalue weighted by molar-refractivity contribution is 7.98. The van der Waals surface area contributed by atoms with Crippen LogP contribution in [0.25, 0.3) is 0 Å². The van der Waals surface area contributed by atoms with E-state index in [0.29, 0.717) is 11.3 Å². The number of nitrogens with one attached hydrogen (secondary N) is 1. The Balaban J connectivity index is 2.78. The normalized spacial score (nSPS) is 13.2. The highest BCUT2D eigenvalue weighted by atomic mass is 32.2. The lowest BCUT2D eigenvalue weighted by molar-refractivity contribution is 0.0696. The van der Waals surface area contributed by atoms with Gasteiger partial charge in [0, 0.05) is 11.8 Å². The predicted octanol–water partition coefficient (Wildman–Crippen LogP) is 1.56. The molecular formula is C12H17NO4S2. The predicted molar refractivity (Wildman–Crippen MR) is 77.0 cm³/mol. The molecule has 0 radical (unpaired) electrons. The number of thioether (sulfide) groups is 1. The van der Waals surface area contributed by atoms with E-state index in [9.17, 15) is 13.2 Å². The standard InChI is InChI=1S/C12H17NO4S2/c1-9(7-18-2)13-19(16,17)8-10-4-3-5-11(6-10)12(14)15/h3-6,9,13H,7-8H2,1-2H3,(H,14,15). The lowest BCUT2D eigenvalue weighted by atomic mass is 10.1. The van der Waals surface area contributed by atoms with Gasteiger partial charge in [0.15, 0.2) is 0 Å². The number of sulfonamides is 1. The van der Waals surface area contributed by atoms with Crippen LogP contribution in [0.5, 0.6) is 0 Å². The van der Waals surface area contributed by atoms with Gasteiger partial charge in [0.05, 0.1) is 11.3 Å². The second kappa shape index (κ2) is 6.93. The summed E-state index contributed by atoms with van der Waals surface area (Å²) in [7, 11) is -3.45. The molecule has 5 nitrogen and oxygen atoms in total. The summed E-state index contributed by atoms with van der Waals surface area (Å²) in [6.45, 7) is 1.79. The van der Waals surface area contributed by atoms with Crippen LogP contribution in [0.3, 0.4) is 0 Å².